The molecule has 0 fully saturated rings. The van der Waals surface area contributed by atoms with Gasteiger partial charge in [-0.05, 0) is 38.2 Å². The van der Waals surface area contributed by atoms with E-state index in [1.165, 1.54) is 0 Å². The molecule has 1 aromatic rings. The minimum Gasteiger partial charge on any atom is -0.462 e. The lowest BCUT2D eigenvalue weighted by Crippen LogP contribution is -2.46. The zero-order valence-electron chi connectivity index (χ0n) is 18.4. The first-order valence-electron chi connectivity index (χ1n) is 10.8. The number of esters is 1. The molecule has 0 N–H and O–H groups in total. The zero-order valence-corrected chi connectivity index (χ0v) is 19.4. The maximum absolute atomic E-state index is 11.5. The molecule has 5 nitrogen and oxygen atoms in total. The molecule has 0 saturated heterocycles. The maximum atomic E-state index is 11.5. The SMILES string of the molecule is C=C(C)C(=O)OCCCC[Si](OCCCC)(OCCCC)OCc1ccccc1. The average molecular weight is 423 g/mol. The molecule has 0 saturated carbocycles. The van der Waals surface area contributed by atoms with Crippen LogP contribution in [0.25, 0.3) is 0 Å². The highest BCUT2D eigenvalue weighted by Gasteiger charge is 2.40. The number of ether oxygens (including phenoxy) is 1. The van der Waals surface area contributed by atoms with Gasteiger partial charge in [0.05, 0.1) is 13.2 Å². The monoisotopic (exact) mass is 422 g/mol. The highest BCUT2D eigenvalue weighted by molar-refractivity contribution is 6.60. The molecule has 0 amide bonds. The van der Waals surface area contributed by atoms with Crippen LogP contribution in [0.2, 0.25) is 6.04 Å². The molecule has 0 aliphatic rings. The topological polar surface area (TPSA) is 54.0 Å². The normalized spacial score (nSPS) is 11.4. The summed E-state index contributed by atoms with van der Waals surface area (Å²) in [5, 5.41) is 0. The van der Waals surface area contributed by atoms with Crippen LogP contribution in [0.15, 0.2) is 42.5 Å². The van der Waals surface area contributed by atoms with E-state index in [4.69, 9.17) is 18.0 Å². The Labute approximate surface area is 177 Å². The Morgan fingerprint density at radius 3 is 2.07 bits per heavy atom. The average Bonchev–Trinajstić information content (AvgIpc) is 2.72. The zero-order chi connectivity index (χ0) is 21.4. The maximum Gasteiger partial charge on any atom is 0.501 e. The molecule has 0 spiro atoms. The molecular formula is C23H38O5Si. The molecule has 0 bridgehead atoms. The van der Waals surface area contributed by atoms with E-state index in [1.54, 1.807) is 6.92 Å². The molecule has 6 heteroatoms. The summed E-state index contributed by atoms with van der Waals surface area (Å²) in [5.41, 5.74) is 1.53. The fourth-order valence-electron chi connectivity index (χ4n) is 2.58. The second-order valence-corrected chi connectivity index (χ2v) is 9.97. The Morgan fingerprint density at radius 1 is 0.897 bits per heavy atom. The summed E-state index contributed by atoms with van der Waals surface area (Å²) >= 11 is 0. The molecule has 0 aliphatic carbocycles. The minimum atomic E-state index is -2.81. The molecule has 0 aliphatic heterocycles. The number of benzene rings is 1. The van der Waals surface area contributed by atoms with Gasteiger partial charge in [0.2, 0.25) is 0 Å². The predicted octanol–water partition coefficient (Wildman–Crippen LogP) is 5.68. The molecule has 1 rings (SSSR count). The van der Waals surface area contributed by atoms with Crippen molar-refractivity contribution in [2.75, 3.05) is 19.8 Å². The molecule has 0 heterocycles. The van der Waals surface area contributed by atoms with Crippen molar-refractivity contribution < 1.29 is 22.8 Å². The second kappa shape index (κ2) is 15.4. The molecule has 1 aromatic carbocycles. The summed E-state index contributed by atoms with van der Waals surface area (Å²) < 4.78 is 24.1. The number of rotatable bonds is 17. The van der Waals surface area contributed by atoms with E-state index in [0.717, 1.165) is 50.1 Å². The van der Waals surface area contributed by atoms with Gasteiger partial charge in [0.1, 0.15) is 0 Å². The lowest BCUT2D eigenvalue weighted by atomic mass is 10.2. The van der Waals surface area contributed by atoms with Gasteiger partial charge in [-0.2, -0.15) is 0 Å². The summed E-state index contributed by atoms with van der Waals surface area (Å²) in [6.45, 7) is 11.7. The number of unbranched alkanes of at least 4 members (excludes halogenated alkanes) is 3. The van der Waals surface area contributed by atoms with Crippen molar-refractivity contribution in [1.29, 1.82) is 0 Å². The van der Waals surface area contributed by atoms with Crippen LogP contribution in [-0.4, -0.2) is 34.6 Å². The molecule has 0 radical (unpaired) electrons. The third-order valence-corrected chi connectivity index (χ3v) is 7.24. The molecule has 0 atom stereocenters. The van der Waals surface area contributed by atoms with Crippen molar-refractivity contribution in [2.45, 2.75) is 71.9 Å². The first-order valence-corrected chi connectivity index (χ1v) is 12.7. The standard InChI is InChI=1S/C23H38O5Si/c1-5-7-17-26-29(27-18-8-6-2,28-20-22-14-10-9-11-15-22)19-13-12-16-25-23(24)21(3)4/h9-11,14-15H,3,5-8,12-13,16-20H2,1-2,4H3. The fourth-order valence-corrected chi connectivity index (χ4v) is 5.25. The van der Waals surface area contributed by atoms with Crippen LogP contribution in [0.4, 0.5) is 0 Å². The molecule has 0 unspecified atom stereocenters. The van der Waals surface area contributed by atoms with Crippen molar-refractivity contribution in [1.82, 2.24) is 0 Å². The second-order valence-electron chi connectivity index (χ2n) is 7.23. The van der Waals surface area contributed by atoms with Crippen LogP contribution in [0, 0.1) is 0 Å². The van der Waals surface area contributed by atoms with Crippen molar-refractivity contribution in [2.24, 2.45) is 0 Å². The molecular weight excluding hydrogens is 384 g/mol. The van der Waals surface area contributed by atoms with Crippen LogP contribution >= 0.6 is 0 Å². The smallest absolute Gasteiger partial charge is 0.462 e. The molecule has 29 heavy (non-hydrogen) atoms. The lowest BCUT2D eigenvalue weighted by Gasteiger charge is -2.30. The van der Waals surface area contributed by atoms with Gasteiger partial charge in [-0.25, -0.2) is 4.79 Å². The number of carbonyl (C=O) groups excluding carboxylic acids is 1. The van der Waals surface area contributed by atoms with Gasteiger partial charge in [-0.15, -0.1) is 0 Å². The highest BCUT2D eigenvalue weighted by atomic mass is 28.4. The first kappa shape index (κ1) is 25.6. The quantitative estimate of drug-likeness (QED) is 0.140. The third kappa shape index (κ3) is 11.3. The van der Waals surface area contributed by atoms with Crippen molar-refractivity contribution in [3.05, 3.63) is 48.0 Å². The summed E-state index contributed by atoms with van der Waals surface area (Å²) in [6.07, 6.45) is 5.66. The number of hydrogen-bond acceptors (Lipinski definition) is 5. The van der Waals surface area contributed by atoms with Crippen LogP contribution in [0.3, 0.4) is 0 Å². The van der Waals surface area contributed by atoms with Crippen molar-refractivity contribution in [3.8, 4) is 0 Å². The number of carbonyl (C=O) groups is 1. The van der Waals surface area contributed by atoms with Gasteiger partial charge in [0.15, 0.2) is 0 Å². The largest absolute Gasteiger partial charge is 0.501 e. The van der Waals surface area contributed by atoms with Gasteiger partial charge in [-0.1, -0.05) is 63.6 Å². The lowest BCUT2D eigenvalue weighted by molar-refractivity contribution is -0.139. The Balaban J connectivity index is 2.69. The van der Waals surface area contributed by atoms with Gasteiger partial charge in [0.25, 0.3) is 0 Å². The van der Waals surface area contributed by atoms with Crippen LogP contribution in [0.1, 0.15) is 64.9 Å². The first-order chi connectivity index (χ1) is 14.0. The Kier molecular flexibility index (Phi) is 13.6. The van der Waals surface area contributed by atoms with E-state index in [2.05, 4.69) is 20.4 Å². The highest BCUT2D eigenvalue weighted by Crippen LogP contribution is 2.22. The van der Waals surface area contributed by atoms with E-state index in [-0.39, 0.29) is 5.97 Å². The van der Waals surface area contributed by atoms with E-state index < -0.39 is 8.80 Å². The van der Waals surface area contributed by atoms with Gasteiger partial charge < -0.3 is 18.0 Å². The van der Waals surface area contributed by atoms with Gasteiger partial charge >= 0.3 is 14.8 Å². The van der Waals surface area contributed by atoms with Crippen LogP contribution in [0.5, 0.6) is 0 Å². The van der Waals surface area contributed by atoms with E-state index in [1.807, 2.05) is 30.3 Å². The van der Waals surface area contributed by atoms with E-state index in [9.17, 15) is 4.79 Å². The summed E-state index contributed by atoms with van der Waals surface area (Å²) in [6, 6.07) is 10.8. The molecule has 164 valence electrons. The van der Waals surface area contributed by atoms with Gasteiger partial charge in [0, 0.05) is 24.8 Å². The summed E-state index contributed by atoms with van der Waals surface area (Å²) in [4.78, 5) is 11.5. The number of hydrogen-bond donors (Lipinski definition) is 0. The summed E-state index contributed by atoms with van der Waals surface area (Å²) in [5.74, 6) is -0.341. The van der Waals surface area contributed by atoms with E-state index >= 15 is 0 Å². The van der Waals surface area contributed by atoms with Crippen molar-refractivity contribution in [3.63, 3.8) is 0 Å². The van der Waals surface area contributed by atoms with Crippen molar-refractivity contribution >= 4 is 14.8 Å². The Hall–Kier alpha value is -1.47. The Morgan fingerprint density at radius 2 is 1.52 bits per heavy atom. The molecule has 0 aromatic heterocycles. The van der Waals surface area contributed by atoms with Crippen LogP contribution in [-0.2, 0) is 29.4 Å². The summed E-state index contributed by atoms with van der Waals surface area (Å²) in [7, 11) is -2.81. The third-order valence-electron chi connectivity index (χ3n) is 4.40. The minimum absolute atomic E-state index is 0.341. The fraction of sp³-hybridized carbons (Fsp3) is 0.609. The van der Waals surface area contributed by atoms with E-state index in [0.29, 0.717) is 32.0 Å². The predicted molar refractivity (Wildman–Crippen MR) is 119 cm³/mol. The van der Waals surface area contributed by atoms with Crippen LogP contribution < -0.4 is 0 Å². The van der Waals surface area contributed by atoms with Gasteiger partial charge in [-0.3, -0.25) is 0 Å². The Bertz CT molecular complexity index is 566.